The van der Waals surface area contributed by atoms with Gasteiger partial charge in [-0.25, -0.2) is 9.37 Å². The number of rotatable bonds is 8. The van der Waals surface area contributed by atoms with E-state index in [-0.39, 0.29) is 0 Å². The number of ether oxygens (including phenoxy) is 1. The van der Waals surface area contributed by atoms with Crippen LogP contribution < -0.4 is 10.1 Å². The van der Waals surface area contributed by atoms with Crippen molar-refractivity contribution in [3.63, 3.8) is 0 Å². The van der Waals surface area contributed by atoms with Gasteiger partial charge in [-0.15, -0.1) is 0 Å². The van der Waals surface area contributed by atoms with E-state index < -0.39 is 12.0 Å². The molecule has 1 unspecified atom stereocenters. The molecule has 0 saturated carbocycles. The van der Waals surface area contributed by atoms with E-state index in [1.165, 1.54) is 19.2 Å². The number of halogens is 1. The van der Waals surface area contributed by atoms with Crippen LogP contribution in [0.2, 0.25) is 0 Å². The van der Waals surface area contributed by atoms with Crippen LogP contribution in [0.4, 0.5) is 10.1 Å². The molecule has 0 radical (unpaired) electrons. The lowest BCUT2D eigenvalue weighted by Crippen LogP contribution is -2.18. The number of aliphatic hydroxyl groups is 1. The molecule has 0 aliphatic carbocycles. The lowest BCUT2D eigenvalue weighted by Gasteiger charge is -2.13. The highest BCUT2D eigenvalue weighted by molar-refractivity contribution is 6.00. The first-order chi connectivity index (χ1) is 19.0. The number of nitrogens with one attached hydrogen (secondary N) is 3. The number of fused-ring (bicyclic) bond motifs is 2. The van der Waals surface area contributed by atoms with Crippen LogP contribution in [0.25, 0.3) is 55.7 Å². The number of anilines is 1. The van der Waals surface area contributed by atoms with Gasteiger partial charge in [0.25, 0.3) is 0 Å². The predicted octanol–water partition coefficient (Wildman–Crippen LogP) is 5.91. The average Bonchev–Trinajstić information content (AvgIpc) is 3.56. The summed E-state index contributed by atoms with van der Waals surface area (Å²) in [7, 11) is 1.50. The van der Waals surface area contributed by atoms with Gasteiger partial charge in [0.1, 0.15) is 23.5 Å². The third-order valence-corrected chi connectivity index (χ3v) is 6.57. The Labute approximate surface area is 223 Å². The summed E-state index contributed by atoms with van der Waals surface area (Å²) in [5, 5.41) is 22.4. The van der Waals surface area contributed by atoms with Crippen LogP contribution in [0.3, 0.4) is 0 Å². The largest absolute Gasteiger partial charge is 0.497 e. The van der Waals surface area contributed by atoms with Crippen LogP contribution >= 0.6 is 0 Å². The fraction of sp³-hybridized carbons (Fsp3) is 0.172. The number of hydrogen-bond acceptors (Lipinski definition) is 7. The monoisotopic (exact) mass is 523 g/mol. The molecule has 1 atom stereocenters. The summed E-state index contributed by atoms with van der Waals surface area (Å²) in [6.07, 6.45) is 7.76. The summed E-state index contributed by atoms with van der Waals surface area (Å²) < 4.78 is 19.5. The quantitative estimate of drug-likeness (QED) is 0.183. The molecule has 39 heavy (non-hydrogen) atoms. The Morgan fingerprint density at radius 1 is 0.974 bits per heavy atom. The van der Waals surface area contributed by atoms with E-state index in [0.717, 1.165) is 45.2 Å². The van der Waals surface area contributed by atoms with Gasteiger partial charge in [-0.2, -0.15) is 5.10 Å². The number of benzene rings is 1. The summed E-state index contributed by atoms with van der Waals surface area (Å²) in [6.45, 7) is 2.02. The molecule has 0 aliphatic heterocycles. The van der Waals surface area contributed by atoms with E-state index in [2.05, 4.69) is 35.5 Å². The zero-order chi connectivity index (χ0) is 26.9. The Kier molecular flexibility index (Phi) is 6.37. The molecule has 5 aromatic heterocycles. The highest BCUT2D eigenvalue weighted by Crippen LogP contribution is 2.35. The third kappa shape index (κ3) is 4.77. The van der Waals surface area contributed by atoms with Crippen LogP contribution in [0.5, 0.6) is 5.75 Å². The van der Waals surface area contributed by atoms with Gasteiger partial charge in [0, 0.05) is 57.6 Å². The standard InChI is InChI=1S/C29H26FN7O2/c1-3-4-26(38)34-20-8-17(13-31-15-20)18-10-23-28(36-37-29(23)33-14-18)25-12-22-24(35-25)5-6-32-27(22)16-7-19(30)11-21(9-16)39-2/h5-15,26,34-35,38H,3-4H2,1-2H3,(H,33,36,37). The van der Waals surface area contributed by atoms with Crippen LogP contribution in [-0.2, 0) is 0 Å². The number of nitrogens with zero attached hydrogens (tertiary/aromatic N) is 4. The molecule has 0 spiro atoms. The number of aromatic nitrogens is 6. The molecule has 10 heteroatoms. The second kappa shape index (κ2) is 10.1. The maximum absolute atomic E-state index is 14.2. The van der Waals surface area contributed by atoms with Gasteiger partial charge in [0.05, 0.1) is 30.4 Å². The first-order valence-electron chi connectivity index (χ1n) is 12.6. The number of pyridine rings is 3. The average molecular weight is 524 g/mol. The molecule has 6 aromatic rings. The predicted molar refractivity (Wildman–Crippen MR) is 149 cm³/mol. The zero-order valence-corrected chi connectivity index (χ0v) is 21.4. The second-order valence-corrected chi connectivity index (χ2v) is 9.29. The van der Waals surface area contributed by atoms with E-state index in [1.807, 2.05) is 31.2 Å². The van der Waals surface area contributed by atoms with Gasteiger partial charge in [-0.3, -0.25) is 15.1 Å². The molecule has 6 rings (SSSR count). The van der Waals surface area contributed by atoms with Gasteiger partial charge in [-0.05, 0) is 42.8 Å². The maximum atomic E-state index is 14.2. The van der Waals surface area contributed by atoms with E-state index in [0.29, 0.717) is 34.8 Å². The highest BCUT2D eigenvalue weighted by atomic mass is 19.1. The van der Waals surface area contributed by atoms with Crippen LogP contribution in [-0.4, -0.2) is 48.6 Å². The highest BCUT2D eigenvalue weighted by Gasteiger charge is 2.17. The molecule has 196 valence electrons. The summed E-state index contributed by atoms with van der Waals surface area (Å²) in [5.41, 5.74) is 6.63. The fourth-order valence-corrected chi connectivity index (χ4v) is 4.71. The Morgan fingerprint density at radius 3 is 2.69 bits per heavy atom. The zero-order valence-electron chi connectivity index (χ0n) is 21.4. The number of H-pyrrole nitrogens is 2. The molecular formula is C29H26FN7O2. The molecule has 1 aromatic carbocycles. The molecule has 0 fully saturated rings. The summed E-state index contributed by atoms with van der Waals surface area (Å²) in [5.74, 6) is 0.0227. The Bertz CT molecular complexity index is 1800. The first kappa shape index (κ1) is 24.5. The fourth-order valence-electron chi connectivity index (χ4n) is 4.71. The van der Waals surface area contributed by atoms with Crippen molar-refractivity contribution in [3.8, 4) is 39.5 Å². The van der Waals surface area contributed by atoms with Crippen LogP contribution in [0, 0.1) is 5.82 Å². The van der Waals surface area contributed by atoms with Crippen LogP contribution in [0.1, 0.15) is 19.8 Å². The summed E-state index contributed by atoms with van der Waals surface area (Å²) in [6, 6.07) is 12.3. The minimum absolute atomic E-state index is 0.399. The van der Waals surface area contributed by atoms with Crippen molar-refractivity contribution in [2.45, 2.75) is 26.0 Å². The van der Waals surface area contributed by atoms with Crippen molar-refractivity contribution < 1.29 is 14.2 Å². The lowest BCUT2D eigenvalue weighted by atomic mass is 10.1. The minimum atomic E-state index is -0.636. The van der Waals surface area contributed by atoms with E-state index in [9.17, 15) is 9.50 Å². The SMILES string of the molecule is CCCC(O)Nc1cncc(-c2cnc3[nH]nc(-c4cc5c(-c6cc(F)cc(OC)c6)nccc5[nH]4)c3c2)c1. The molecule has 0 aliphatic rings. The van der Waals surface area contributed by atoms with Gasteiger partial charge in [0.2, 0.25) is 0 Å². The van der Waals surface area contributed by atoms with Gasteiger partial charge in [0.15, 0.2) is 5.65 Å². The minimum Gasteiger partial charge on any atom is -0.497 e. The van der Waals surface area contributed by atoms with E-state index in [4.69, 9.17) is 4.74 Å². The van der Waals surface area contributed by atoms with Crippen molar-refractivity contribution in [3.05, 3.63) is 73.1 Å². The van der Waals surface area contributed by atoms with E-state index in [1.54, 1.807) is 30.9 Å². The Hall–Kier alpha value is -4.83. The molecule has 5 heterocycles. The van der Waals surface area contributed by atoms with Gasteiger partial charge in [-0.1, -0.05) is 13.3 Å². The van der Waals surface area contributed by atoms with Crippen molar-refractivity contribution in [2.75, 3.05) is 12.4 Å². The molecular weight excluding hydrogens is 497 g/mol. The first-order valence-corrected chi connectivity index (χ1v) is 12.6. The molecule has 9 nitrogen and oxygen atoms in total. The number of aliphatic hydroxyl groups excluding tert-OH is 1. The van der Waals surface area contributed by atoms with Gasteiger partial charge >= 0.3 is 0 Å². The van der Waals surface area contributed by atoms with Crippen molar-refractivity contribution in [2.24, 2.45) is 0 Å². The number of methoxy groups -OCH3 is 1. The summed E-state index contributed by atoms with van der Waals surface area (Å²) >= 11 is 0. The topological polar surface area (TPSA) is 125 Å². The summed E-state index contributed by atoms with van der Waals surface area (Å²) in [4.78, 5) is 16.9. The molecule has 4 N–H and O–H groups in total. The number of aromatic amines is 2. The molecule has 0 saturated heterocycles. The van der Waals surface area contributed by atoms with Crippen molar-refractivity contribution >= 4 is 27.6 Å². The lowest BCUT2D eigenvalue weighted by molar-refractivity contribution is 0.192. The maximum Gasteiger partial charge on any atom is 0.155 e. The van der Waals surface area contributed by atoms with Crippen molar-refractivity contribution in [1.82, 2.24) is 30.1 Å². The smallest absolute Gasteiger partial charge is 0.155 e. The third-order valence-electron chi connectivity index (χ3n) is 6.57. The van der Waals surface area contributed by atoms with Crippen LogP contribution in [0.15, 0.2) is 67.3 Å². The second-order valence-electron chi connectivity index (χ2n) is 9.29. The Morgan fingerprint density at radius 2 is 1.85 bits per heavy atom. The molecule has 0 bridgehead atoms. The Balaban J connectivity index is 1.40. The van der Waals surface area contributed by atoms with E-state index >= 15 is 0 Å². The molecule has 0 amide bonds. The van der Waals surface area contributed by atoms with Gasteiger partial charge < -0.3 is 20.1 Å². The number of hydrogen-bond donors (Lipinski definition) is 4. The van der Waals surface area contributed by atoms with Crippen molar-refractivity contribution in [1.29, 1.82) is 0 Å². The normalized spacial score (nSPS) is 12.2.